The maximum absolute atomic E-state index is 10.9. The van der Waals surface area contributed by atoms with Gasteiger partial charge in [-0.1, -0.05) is 11.6 Å². The second-order valence-corrected chi connectivity index (χ2v) is 4.12. The van der Waals surface area contributed by atoms with Crippen LogP contribution in [0.15, 0.2) is 24.4 Å². The Labute approximate surface area is 113 Å². The van der Waals surface area contributed by atoms with Gasteiger partial charge in [0.2, 0.25) is 17.6 Å². The van der Waals surface area contributed by atoms with E-state index < -0.39 is 4.92 Å². The van der Waals surface area contributed by atoms with Gasteiger partial charge < -0.3 is 10.5 Å². The van der Waals surface area contributed by atoms with E-state index in [0.29, 0.717) is 5.56 Å². The molecule has 1 aromatic heterocycles. The number of nitro benzene ring substituents is 1. The molecule has 0 amide bonds. The van der Waals surface area contributed by atoms with Crippen molar-refractivity contribution in [3.05, 3.63) is 45.1 Å². The highest BCUT2D eigenvalue weighted by molar-refractivity contribution is 6.30. The van der Waals surface area contributed by atoms with Crippen molar-refractivity contribution in [3.63, 3.8) is 0 Å². The third-order valence-electron chi connectivity index (χ3n) is 2.27. The zero-order valence-electron chi connectivity index (χ0n) is 9.83. The molecule has 0 saturated carbocycles. The van der Waals surface area contributed by atoms with E-state index in [1.54, 1.807) is 6.92 Å². The Balaban J connectivity index is 2.43. The van der Waals surface area contributed by atoms with Gasteiger partial charge in [0.1, 0.15) is 0 Å². The van der Waals surface area contributed by atoms with Crippen molar-refractivity contribution in [2.45, 2.75) is 6.92 Å². The number of nitrogens with zero attached hydrogens (tertiary/aromatic N) is 3. The minimum Gasteiger partial charge on any atom is -0.431 e. The Hall–Kier alpha value is -2.41. The van der Waals surface area contributed by atoms with E-state index in [4.69, 9.17) is 22.1 Å². The number of halogens is 1. The van der Waals surface area contributed by atoms with Gasteiger partial charge in [-0.05, 0) is 19.1 Å². The lowest BCUT2D eigenvalue weighted by atomic mass is 10.3. The molecule has 0 aliphatic rings. The van der Waals surface area contributed by atoms with Crippen molar-refractivity contribution in [1.82, 2.24) is 9.97 Å². The van der Waals surface area contributed by atoms with Crippen molar-refractivity contribution < 1.29 is 9.66 Å². The molecule has 2 N–H and O–H groups in total. The molecule has 0 fully saturated rings. The van der Waals surface area contributed by atoms with Gasteiger partial charge in [-0.25, -0.2) is 4.98 Å². The van der Waals surface area contributed by atoms with Crippen LogP contribution in [-0.2, 0) is 0 Å². The van der Waals surface area contributed by atoms with E-state index in [0.717, 1.165) is 0 Å². The highest BCUT2D eigenvalue weighted by Gasteiger charge is 2.18. The van der Waals surface area contributed by atoms with E-state index in [1.165, 1.54) is 24.4 Å². The summed E-state index contributed by atoms with van der Waals surface area (Å²) in [6.45, 7) is 1.70. The Morgan fingerprint density at radius 3 is 2.89 bits per heavy atom. The summed E-state index contributed by atoms with van der Waals surface area (Å²) in [5, 5.41) is 11.2. The summed E-state index contributed by atoms with van der Waals surface area (Å²) in [4.78, 5) is 18.0. The lowest BCUT2D eigenvalue weighted by Crippen LogP contribution is -2.00. The van der Waals surface area contributed by atoms with E-state index in [1.807, 2.05) is 0 Å². The molecule has 0 aliphatic heterocycles. The van der Waals surface area contributed by atoms with Gasteiger partial charge in [0, 0.05) is 22.8 Å². The third-order valence-corrected chi connectivity index (χ3v) is 2.50. The molecule has 0 unspecified atom stereocenters. The van der Waals surface area contributed by atoms with Crippen molar-refractivity contribution in [2.75, 3.05) is 5.73 Å². The first-order valence-electron chi connectivity index (χ1n) is 5.18. The first kappa shape index (κ1) is 13.0. The van der Waals surface area contributed by atoms with Crippen LogP contribution in [0.3, 0.4) is 0 Å². The highest BCUT2D eigenvalue weighted by atomic mass is 35.5. The lowest BCUT2D eigenvalue weighted by Gasteiger charge is -2.08. The highest BCUT2D eigenvalue weighted by Crippen LogP contribution is 2.33. The van der Waals surface area contributed by atoms with Crippen LogP contribution in [-0.4, -0.2) is 14.9 Å². The summed E-state index contributed by atoms with van der Waals surface area (Å²) in [6, 6.07) is 4.10. The van der Waals surface area contributed by atoms with Crippen LogP contribution in [0, 0.1) is 17.0 Å². The van der Waals surface area contributed by atoms with Crippen LogP contribution < -0.4 is 10.5 Å². The number of nitrogens with two attached hydrogens (primary N) is 1. The number of aromatic nitrogens is 2. The number of rotatable bonds is 3. The SMILES string of the molecule is Cc1cnc(N)nc1Oc1ccc(Cl)cc1[N+](=O)[O-]. The van der Waals surface area contributed by atoms with Crippen molar-refractivity contribution in [2.24, 2.45) is 0 Å². The molecular weight excluding hydrogens is 272 g/mol. The van der Waals surface area contributed by atoms with E-state index in [9.17, 15) is 10.1 Å². The molecule has 1 heterocycles. The van der Waals surface area contributed by atoms with Gasteiger partial charge in [0.05, 0.1) is 4.92 Å². The predicted octanol–water partition coefficient (Wildman–Crippen LogP) is 2.72. The third kappa shape index (κ3) is 2.89. The van der Waals surface area contributed by atoms with Crippen LogP contribution in [0.2, 0.25) is 5.02 Å². The smallest absolute Gasteiger partial charge is 0.313 e. The van der Waals surface area contributed by atoms with E-state index in [2.05, 4.69) is 9.97 Å². The van der Waals surface area contributed by atoms with Crippen LogP contribution in [0.5, 0.6) is 11.6 Å². The van der Waals surface area contributed by atoms with Crippen molar-refractivity contribution in [1.29, 1.82) is 0 Å². The van der Waals surface area contributed by atoms with Crippen LogP contribution >= 0.6 is 11.6 Å². The molecule has 1 aromatic carbocycles. The molecule has 2 rings (SSSR count). The Morgan fingerprint density at radius 2 is 2.21 bits per heavy atom. The van der Waals surface area contributed by atoms with Crippen molar-refractivity contribution in [3.8, 4) is 11.6 Å². The van der Waals surface area contributed by atoms with Crippen molar-refractivity contribution >= 4 is 23.2 Å². The number of anilines is 1. The molecule has 8 heteroatoms. The largest absolute Gasteiger partial charge is 0.431 e. The number of ether oxygens (including phenoxy) is 1. The fourth-order valence-electron chi connectivity index (χ4n) is 1.37. The summed E-state index contributed by atoms with van der Waals surface area (Å²) in [5.41, 5.74) is 5.81. The Bertz CT molecular complexity index is 648. The predicted molar refractivity (Wildman–Crippen MR) is 69.4 cm³/mol. The van der Waals surface area contributed by atoms with Gasteiger partial charge in [-0.15, -0.1) is 0 Å². The molecule has 0 spiro atoms. The van der Waals surface area contributed by atoms with Gasteiger partial charge >= 0.3 is 5.69 Å². The molecule has 2 aromatic rings. The number of nitrogen functional groups attached to an aromatic ring is 1. The van der Waals surface area contributed by atoms with Crippen LogP contribution in [0.4, 0.5) is 11.6 Å². The van der Waals surface area contributed by atoms with E-state index >= 15 is 0 Å². The second kappa shape index (κ2) is 5.07. The van der Waals surface area contributed by atoms with Gasteiger partial charge in [0.15, 0.2) is 0 Å². The minimum atomic E-state index is -0.582. The van der Waals surface area contributed by atoms with Crippen LogP contribution in [0.25, 0.3) is 0 Å². The standard InChI is InChI=1S/C11H9ClN4O3/c1-6-5-14-11(13)15-10(6)19-9-3-2-7(12)4-8(9)16(17)18/h2-5H,1H3,(H2,13,14,15). The molecule has 19 heavy (non-hydrogen) atoms. The molecule has 7 nitrogen and oxygen atoms in total. The fraction of sp³-hybridized carbons (Fsp3) is 0.0909. The number of hydrogen-bond acceptors (Lipinski definition) is 6. The normalized spacial score (nSPS) is 10.2. The van der Waals surface area contributed by atoms with E-state index in [-0.39, 0.29) is 28.3 Å². The molecule has 0 radical (unpaired) electrons. The van der Waals surface area contributed by atoms with Gasteiger partial charge in [-0.2, -0.15) is 4.98 Å². The molecule has 0 atom stereocenters. The summed E-state index contributed by atoms with van der Waals surface area (Å²) >= 11 is 5.71. The molecule has 98 valence electrons. The second-order valence-electron chi connectivity index (χ2n) is 3.69. The van der Waals surface area contributed by atoms with Crippen LogP contribution in [0.1, 0.15) is 5.56 Å². The number of aryl methyl sites for hydroxylation is 1. The topological polar surface area (TPSA) is 104 Å². The maximum atomic E-state index is 10.9. The number of nitro groups is 1. The molecular formula is C11H9ClN4O3. The first-order valence-corrected chi connectivity index (χ1v) is 5.56. The summed E-state index contributed by atoms with van der Waals surface area (Å²) in [6.07, 6.45) is 1.47. The average molecular weight is 281 g/mol. The summed E-state index contributed by atoms with van der Waals surface area (Å²) in [7, 11) is 0. The number of hydrogen-bond donors (Lipinski definition) is 1. The monoisotopic (exact) mass is 280 g/mol. The first-order chi connectivity index (χ1) is 8.97. The number of benzene rings is 1. The zero-order valence-corrected chi connectivity index (χ0v) is 10.6. The Kier molecular flexibility index (Phi) is 3.48. The molecule has 0 saturated heterocycles. The fourth-order valence-corrected chi connectivity index (χ4v) is 1.53. The quantitative estimate of drug-likeness (QED) is 0.684. The minimum absolute atomic E-state index is 0.0252. The lowest BCUT2D eigenvalue weighted by molar-refractivity contribution is -0.385. The average Bonchev–Trinajstić information content (AvgIpc) is 2.35. The van der Waals surface area contributed by atoms with Gasteiger partial charge in [-0.3, -0.25) is 10.1 Å². The Morgan fingerprint density at radius 1 is 1.47 bits per heavy atom. The summed E-state index contributed by atoms with van der Waals surface area (Å²) < 4.78 is 5.41. The maximum Gasteiger partial charge on any atom is 0.313 e. The molecule has 0 bridgehead atoms. The zero-order chi connectivity index (χ0) is 14.0. The van der Waals surface area contributed by atoms with Gasteiger partial charge in [0.25, 0.3) is 0 Å². The molecule has 0 aliphatic carbocycles. The summed E-state index contributed by atoms with van der Waals surface area (Å²) in [5.74, 6) is 0.228.